The van der Waals surface area contributed by atoms with Crippen molar-refractivity contribution in [3.63, 3.8) is 0 Å². The standard InChI is InChI=1S/C17H16FNOS/c1-12-15-9-11-21-16(15)8-10-19(12)17(20)7-4-13-2-5-14(18)6-3-13/h2-7,9,11-12H,8,10H2,1H3. The minimum atomic E-state index is -0.270. The summed E-state index contributed by atoms with van der Waals surface area (Å²) in [5.74, 6) is -0.267. The molecule has 0 fully saturated rings. The highest BCUT2D eigenvalue weighted by atomic mass is 32.1. The monoisotopic (exact) mass is 301 g/mol. The molecule has 0 spiro atoms. The van der Waals surface area contributed by atoms with Gasteiger partial charge in [-0.05, 0) is 54.1 Å². The second kappa shape index (κ2) is 5.82. The summed E-state index contributed by atoms with van der Waals surface area (Å²) in [6.07, 6.45) is 4.23. The van der Waals surface area contributed by atoms with Crippen molar-refractivity contribution in [3.05, 3.63) is 63.6 Å². The largest absolute Gasteiger partial charge is 0.332 e. The van der Waals surface area contributed by atoms with Gasteiger partial charge in [-0.15, -0.1) is 11.3 Å². The molecule has 21 heavy (non-hydrogen) atoms. The molecule has 2 heterocycles. The summed E-state index contributed by atoms with van der Waals surface area (Å²) in [5, 5.41) is 2.09. The Kier molecular flexibility index (Phi) is 3.88. The Labute approximate surface area is 127 Å². The zero-order valence-corrected chi connectivity index (χ0v) is 12.6. The zero-order valence-electron chi connectivity index (χ0n) is 11.8. The number of hydrogen-bond donors (Lipinski definition) is 0. The first-order valence-electron chi connectivity index (χ1n) is 6.95. The number of carbonyl (C=O) groups is 1. The molecule has 0 aliphatic carbocycles. The van der Waals surface area contributed by atoms with Crippen LogP contribution in [0, 0.1) is 5.82 Å². The minimum absolute atomic E-state index is 0.00340. The van der Waals surface area contributed by atoms with Crippen molar-refractivity contribution in [1.82, 2.24) is 4.90 Å². The Hall–Kier alpha value is -1.94. The van der Waals surface area contributed by atoms with Crippen LogP contribution in [0.5, 0.6) is 0 Å². The van der Waals surface area contributed by atoms with Crippen molar-refractivity contribution >= 4 is 23.3 Å². The Bertz CT molecular complexity index is 674. The number of carbonyl (C=O) groups excluding carboxylic acids is 1. The van der Waals surface area contributed by atoms with E-state index in [0.29, 0.717) is 0 Å². The van der Waals surface area contributed by atoms with Gasteiger partial charge in [0.25, 0.3) is 0 Å². The third kappa shape index (κ3) is 2.90. The van der Waals surface area contributed by atoms with Crippen LogP contribution in [0.1, 0.15) is 29.0 Å². The first-order chi connectivity index (χ1) is 10.1. The van der Waals surface area contributed by atoms with Crippen LogP contribution in [-0.2, 0) is 11.2 Å². The quantitative estimate of drug-likeness (QED) is 0.766. The summed E-state index contributed by atoms with van der Waals surface area (Å²) >= 11 is 1.76. The molecular weight excluding hydrogens is 285 g/mol. The Morgan fingerprint density at radius 2 is 2.10 bits per heavy atom. The van der Waals surface area contributed by atoms with Crippen LogP contribution in [-0.4, -0.2) is 17.4 Å². The van der Waals surface area contributed by atoms with Crippen molar-refractivity contribution < 1.29 is 9.18 Å². The third-order valence-electron chi connectivity index (χ3n) is 3.85. The van der Waals surface area contributed by atoms with Crippen LogP contribution >= 0.6 is 11.3 Å². The number of halogens is 1. The molecule has 3 rings (SSSR count). The van der Waals surface area contributed by atoms with Crippen molar-refractivity contribution in [2.75, 3.05) is 6.54 Å². The highest BCUT2D eigenvalue weighted by molar-refractivity contribution is 7.10. The van der Waals surface area contributed by atoms with Crippen LogP contribution in [0.3, 0.4) is 0 Å². The van der Waals surface area contributed by atoms with Gasteiger partial charge in [-0.1, -0.05) is 12.1 Å². The van der Waals surface area contributed by atoms with Gasteiger partial charge in [0.1, 0.15) is 5.82 Å². The minimum Gasteiger partial charge on any atom is -0.332 e. The number of nitrogens with zero attached hydrogens (tertiary/aromatic N) is 1. The summed E-state index contributed by atoms with van der Waals surface area (Å²) < 4.78 is 12.8. The first kappa shape index (κ1) is 14.0. The lowest BCUT2D eigenvalue weighted by Gasteiger charge is -2.32. The van der Waals surface area contributed by atoms with E-state index >= 15 is 0 Å². The van der Waals surface area contributed by atoms with E-state index in [-0.39, 0.29) is 17.8 Å². The lowest BCUT2D eigenvalue weighted by molar-refractivity contribution is -0.128. The molecule has 0 saturated carbocycles. The lowest BCUT2D eigenvalue weighted by atomic mass is 10.0. The molecule has 2 aromatic rings. The van der Waals surface area contributed by atoms with Crippen LogP contribution in [0.15, 0.2) is 41.8 Å². The molecular formula is C17H16FNOS. The Balaban J connectivity index is 1.73. The molecule has 1 amide bonds. The molecule has 108 valence electrons. The van der Waals surface area contributed by atoms with Crippen LogP contribution < -0.4 is 0 Å². The van der Waals surface area contributed by atoms with E-state index in [1.165, 1.54) is 22.6 Å². The number of thiophene rings is 1. The molecule has 1 atom stereocenters. The molecule has 1 aromatic carbocycles. The second-order valence-corrected chi connectivity index (χ2v) is 6.14. The predicted octanol–water partition coefficient (Wildman–Crippen LogP) is 4.05. The van der Waals surface area contributed by atoms with Crippen molar-refractivity contribution in [1.29, 1.82) is 0 Å². The maximum atomic E-state index is 12.8. The van der Waals surface area contributed by atoms with E-state index in [0.717, 1.165) is 18.5 Å². The van der Waals surface area contributed by atoms with Gasteiger partial charge in [-0.25, -0.2) is 4.39 Å². The van der Waals surface area contributed by atoms with Gasteiger partial charge in [0.05, 0.1) is 6.04 Å². The molecule has 1 aromatic heterocycles. The van der Waals surface area contributed by atoms with Gasteiger partial charge in [-0.2, -0.15) is 0 Å². The van der Waals surface area contributed by atoms with Gasteiger partial charge in [0.15, 0.2) is 0 Å². The summed E-state index contributed by atoms with van der Waals surface area (Å²) in [6.45, 7) is 2.82. The van der Waals surface area contributed by atoms with Gasteiger partial charge in [-0.3, -0.25) is 4.79 Å². The number of rotatable bonds is 2. The smallest absolute Gasteiger partial charge is 0.247 e. The topological polar surface area (TPSA) is 20.3 Å². The van der Waals surface area contributed by atoms with E-state index in [4.69, 9.17) is 0 Å². The average molecular weight is 301 g/mol. The van der Waals surface area contributed by atoms with Gasteiger partial charge < -0.3 is 4.90 Å². The fourth-order valence-electron chi connectivity index (χ4n) is 2.65. The van der Waals surface area contributed by atoms with Gasteiger partial charge in [0, 0.05) is 17.5 Å². The van der Waals surface area contributed by atoms with E-state index in [1.807, 2.05) is 4.90 Å². The molecule has 4 heteroatoms. The highest BCUT2D eigenvalue weighted by Gasteiger charge is 2.26. The molecule has 0 bridgehead atoms. The zero-order chi connectivity index (χ0) is 14.8. The van der Waals surface area contributed by atoms with Crippen LogP contribution in [0.2, 0.25) is 0 Å². The first-order valence-corrected chi connectivity index (χ1v) is 7.83. The maximum absolute atomic E-state index is 12.8. The number of hydrogen-bond acceptors (Lipinski definition) is 2. The molecule has 0 N–H and O–H groups in total. The van der Waals surface area contributed by atoms with Crippen molar-refractivity contribution in [2.24, 2.45) is 0 Å². The fraction of sp³-hybridized carbons (Fsp3) is 0.235. The van der Waals surface area contributed by atoms with E-state index in [2.05, 4.69) is 18.4 Å². The maximum Gasteiger partial charge on any atom is 0.247 e. The summed E-state index contributed by atoms with van der Waals surface area (Å²) in [4.78, 5) is 15.6. The molecule has 2 nitrogen and oxygen atoms in total. The highest BCUT2D eigenvalue weighted by Crippen LogP contribution is 2.32. The number of benzene rings is 1. The van der Waals surface area contributed by atoms with Gasteiger partial charge in [0.2, 0.25) is 5.91 Å². The number of fused-ring (bicyclic) bond motifs is 1. The second-order valence-electron chi connectivity index (χ2n) is 5.14. The van der Waals surface area contributed by atoms with Crippen LogP contribution in [0.25, 0.3) is 6.08 Å². The molecule has 1 aliphatic rings. The van der Waals surface area contributed by atoms with E-state index < -0.39 is 0 Å². The normalized spacial score (nSPS) is 18.0. The van der Waals surface area contributed by atoms with Crippen LogP contribution in [0.4, 0.5) is 4.39 Å². The summed E-state index contributed by atoms with van der Waals surface area (Å²) in [6, 6.07) is 8.33. The third-order valence-corrected chi connectivity index (χ3v) is 4.85. The summed E-state index contributed by atoms with van der Waals surface area (Å²) in [5.41, 5.74) is 2.08. The van der Waals surface area contributed by atoms with Crippen molar-refractivity contribution in [2.45, 2.75) is 19.4 Å². The Morgan fingerprint density at radius 3 is 2.86 bits per heavy atom. The number of amides is 1. The van der Waals surface area contributed by atoms with E-state index in [1.54, 1.807) is 35.6 Å². The average Bonchev–Trinajstić information content (AvgIpc) is 2.96. The molecule has 1 unspecified atom stereocenters. The molecule has 1 aliphatic heterocycles. The predicted molar refractivity (Wildman–Crippen MR) is 83.6 cm³/mol. The van der Waals surface area contributed by atoms with E-state index in [9.17, 15) is 9.18 Å². The SMILES string of the molecule is CC1c2ccsc2CCN1C(=O)C=Cc1ccc(F)cc1. The van der Waals surface area contributed by atoms with Crippen molar-refractivity contribution in [3.8, 4) is 0 Å². The lowest BCUT2D eigenvalue weighted by Crippen LogP contribution is -2.37. The Morgan fingerprint density at radius 1 is 1.33 bits per heavy atom. The fourth-order valence-corrected chi connectivity index (χ4v) is 3.61. The molecule has 0 saturated heterocycles. The van der Waals surface area contributed by atoms with Gasteiger partial charge >= 0.3 is 0 Å². The summed E-state index contributed by atoms with van der Waals surface area (Å²) in [7, 11) is 0. The molecule has 0 radical (unpaired) electrons.